The first-order chi connectivity index (χ1) is 8.11. The van der Waals surface area contributed by atoms with Gasteiger partial charge in [0.15, 0.2) is 0 Å². The van der Waals surface area contributed by atoms with Crippen LogP contribution in [0.25, 0.3) is 10.9 Å². The number of aromatic nitrogens is 2. The summed E-state index contributed by atoms with van der Waals surface area (Å²) in [5, 5.41) is 4.36. The molecular weight excluding hydrogens is 230 g/mol. The zero-order chi connectivity index (χ0) is 12.3. The van der Waals surface area contributed by atoms with Crippen LogP contribution in [0.2, 0.25) is 0 Å². The Labute approximate surface area is 106 Å². The predicted molar refractivity (Wildman–Crippen MR) is 75.6 cm³/mol. The van der Waals surface area contributed by atoms with Crippen LogP contribution in [-0.4, -0.2) is 27.5 Å². The molecule has 0 saturated carbocycles. The molecular formula is C13H17N3S. The van der Waals surface area contributed by atoms with E-state index in [1.165, 1.54) is 0 Å². The summed E-state index contributed by atoms with van der Waals surface area (Å²) >= 11 is 1.83. The van der Waals surface area contributed by atoms with E-state index in [1.54, 1.807) is 0 Å². The molecule has 0 saturated heterocycles. The fourth-order valence-corrected chi connectivity index (χ4v) is 1.64. The van der Waals surface area contributed by atoms with E-state index in [9.17, 15) is 0 Å². The molecule has 0 aliphatic rings. The standard InChI is InChI=1S/C13H17N3S/c1-13(2,17-3)9-15-12-14-8-10-6-4-5-7-11(10)16-12/h4-8H,9H2,1-3H3,(H,14,15,16). The average molecular weight is 247 g/mol. The van der Waals surface area contributed by atoms with Crippen LogP contribution in [0.1, 0.15) is 13.8 Å². The molecule has 0 bridgehead atoms. The highest BCUT2D eigenvalue weighted by atomic mass is 32.2. The highest BCUT2D eigenvalue weighted by molar-refractivity contribution is 7.99. The maximum absolute atomic E-state index is 4.48. The number of rotatable bonds is 4. The molecule has 0 spiro atoms. The summed E-state index contributed by atoms with van der Waals surface area (Å²) in [6.07, 6.45) is 3.97. The van der Waals surface area contributed by atoms with Crippen molar-refractivity contribution in [1.29, 1.82) is 0 Å². The largest absolute Gasteiger partial charge is 0.353 e. The maximum Gasteiger partial charge on any atom is 0.223 e. The number of nitrogens with one attached hydrogen (secondary N) is 1. The summed E-state index contributed by atoms with van der Waals surface area (Å²) in [5.41, 5.74) is 0.979. The molecule has 2 rings (SSSR count). The second kappa shape index (κ2) is 4.92. The fraction of sp³-hybridized carbons (Fsp3) is 0.385. The van der Waals surface area contributed by atoms with Crippen molar-refractivity contribution in [2.24, 2.45) is 0 Å². The van der Waals surface area contributed by atoms with Gasteiger partial charge in [0.1, 0.15) is 0 Å². The first-order valence-corrected chi connectivity index (χ1v) is 6.84. The second-order valence-corrected chi connectivity index (χ2v) is 6.08. The molecule has 90 valence electrons. The molecule has 0 aliphatic heterocycles. The number of hydrogen-bond donors (Lipinski definition) is 1. The number of fused-ring (bicyclic) bond motifs is 1. The van der Waals surface area contributed by atoms with E-state index >= 15 is 0 Å². The van der Waals surface area contributed by atoms with Crippen molar-refractivity contribution in [2.45, 2.75) is 18.6 Å². The summed E-state index contributed by atoms with van der Waals surface area (Å²) in [4.78, 5) is 8.79. The van der Waals surface area contributed by atoms with Gasteiger partial charge in [-0.05, 0) is 26.2 Å². The SMILES string of the molecule is CSC(C)(C)CNc1ncc2ccccc2n1. The lowest BCUT2D eigenvalue weighted by molar-refractivity contribution is 0.747. The molecule has 1 heterocycles. The topological polar surface area (TPSA) is 37.8 Å². The van der Waals surface area contributed by atoms with Gasteiger partial charge >= 0.3 is 0 Å². The molecule has 1 aromatic carbocycles. The zero-order valence-corrected chi connectivity index (χ0v) is 11.2. The molecule has 17 heavy (non-hydrogen) atoms. The molecule has 0 aliphatic carbocycles. The van der Waals surface area contributed by atoms with Gasteiger partial charge in [-0.1, -0.05) is 18.2 Å². The Kier molecular flexibility index (Phi) is 3.52. The normalized spacial score (nSPS) is 11.7. The van der Waals surface area contributed by atoms with Gasteiger partial charge in [-0.25, -0.2) is 9.97 Å². The smallest absolute Gasteiger partial charge is 0.223 e. The van der Waals surface area contributed by atoms with Gasteiger partial charge in [-0.2, -0.15) is 11.8 Å². The van der Waals surface area contributed by atoms with Gasteiger partial charge in [-0.3, -0.25) is 0 Å². The van der Waals surface area contributed by atoms with Crippen LogP contribution < -0.4 is 5.32 Å². The van der Waals surface area contributed by atoms with Crippen LogP contribution in [0.3, 0.4) is 0 Å². The van der Waals surface area contributed by atoms with Crippen LogP contribution in [0.4, 0.5) is 5.95 Å². The molecule has 0 unspecified atom stereocenters. The third-order valence-electron chi connectivity index (χ3n) is 2.71. The van der Waals surface area contributed by atoms with Crippen molar-refractivity contribution >= 4 is 28.6 Å². The van der Waals surface area contributed by atoms with Crippen LogP contribution >= 0.6 is 11.8 Å². The second-order valence-electron chi connectivity index (χ2n) is 4.57. The molecule has 1 aromatic heterocycles. The van der Waals surface area contributed by atoms with Crippen LogP contribution in [-0.2, 0) is 0 Å². The Bertz CT molecular complexity index is 511. The molecule has 0 fully saturated rings. The summed E-state index contributed by atoms with van der Waals surface area (Å²) in [6.45, 7) is 5.25. The quantitative estimate of drug-likeness (QED) is 0.900. The fourth-order valence-electron chi connectivity index (χ4n) is 1.42. The molecule has 4 heteroatoms. The number of nitrogens with zero attached hydrogens (tertiary/aromatic N) is 2. The number of thioether (sulfide) groups is 1. The summed E-state index contributed by atoms with van der Waals surface area (Å²) < 4.78 is 0.189. The molecule has 0 amide bonds. The van der Waals surface area contributed by atoms with Gasteiger partial charge in [-0.15, -0.1) is 0 Å². The Morgan fingerprint density at radius 2 is 2.06 bits per heavy atom. The third kappa shape index (κ3) is 3.09. The Morgan fingerprint density at radius 1 is 1.29 bits per heavy atom. The van der Waals surface area contributed by atoms with E-state index in [2.05, 4.69) is 35.4 Å². The minimum atomic E-state index is 0.189. The zero-order valence-electron chi connectivity index (χ0n) is 10.4. The number of para-hydroxylation sites is 1. The summed E-state index contributed by atoms with van der Waals surface area (Å²) in [5.74, 6) is 0.700. The number of benzene rings is 1. The van der Waals surface area contributed by atoms with E-state index in [0.29, 0.717) is 5.95 Å². The minimum absolute atomic E-state index is 0.189. The van der Waals surface area contributed by atoms with E-state index in [4.69, 9.17) is 0 Å². The Balaban J connectivity index is 2.14. The van der Waals surface area contributed by atoms with Crippen molar-refractivity contribution in [1.82, 2.24) is 9.97 Å². The van der Waals surface area contributed by atoms with Crippen LogP contribution in [0.15, 0.2) is 30.5 Å². The summed E-state index contributed by atoms with van der Waals surface area (Å²) in [7, 11) is 0. The minimum Gasteiger partial charge on any atom is -0.353 e. The maximum atomic E-state index is 4.48. The van der Waals surface area contributed by atoms with Gasteiger partial charge in [0.05, 0.1) is 5.52 Å². The van der Waals surface area contributed by atoms with E-state index in [0.717, 1.165) is 17.4 Å². The monoisotopic (exact) mass is 247 g/mol. The molecule has 2 aromatic rings. The lowest BCUT2D eigenvalue weighted by Crippen LogP contribution is -2.26. The summed E-state index contributed by atoms with van der Waals surface area (Å²) in [6, 6.07) is 8.01. The predicted octanol–water partition coefficient (Wildman–Crippen LogP) is 3.18. The lowest BCUT2D eigenvalue weighted by atomic mass is 10.2. The van der Waals surface area contributed by atoms with Gasteiger partial charge in [0.2, 0.25) is 5.95 Å². The first kappa shape index (κ1) is 12.2. The molecule has 3 nitrogen and oxygen atoms in total. The van der Waals surface area contributed by atoms with Gasteiger partial charge < -0.3 is 5.32 Å². The van der Waals surface area contributed by atoms with E-state index < -0.39 is 0 Å². The first-order valence-electron chi connectivity index (χ1n) is 5.61. The van der Waals surface area contributed by atoms with Crippen molar-refractivity contribution in [2.75, 3.05) is 18.1 Å². The van der Waals surface area contributed by atoms with Gasteiger partial charge in [0, 0.05) is 22.9 Å². The van der Waals surface area contributed by atoms with Crippen molar-refractivity contribution in [3.05, 3.63) is 30.5 Å². The molecule has 0 radical (unpaired) electrons. The molecule has 1 N–H and O–H groups in total. The van der Waals surface area contributed by atoms with Gasteiger partial charge in [0.25, 0.3) is 0 Å². The third-order valence-corrected chi connectivity index (χ3v) is 3.96. The van der Waals surface area contributed by atoms with Crippen molar-refractivity contribution < 1.29 is 0 Å². The Morgan fingerprint density at radius 3 is 2.82 bits per heavy atom. The molecule has 0 atom stereocenters. The Hall–Kier alpha value is -1.29. The highest BCUT2D eigenvalue weighted by Crippen LogP contribution is 2.21. The number of anilines is 1. The number of hydrogen-bond acceptors (Lipinski definition) is 4. The van der Waals surface area contributed by atoms with Crippen molar-refractivity contribution in [3.63, 3.8) is 0 Å². The lowest BCUT2D eigenvalue weighted by Gasteiger charge is -2.22. The van der Waals surface area contributed by atoms with E-state index in [-0.39, 0.29) is 4.75 Å². The average Bonchev–Trinajstić information content (AvgIpc) is 2.36. The van der Waals surface area contributed by atoms with Crippen molar-refractivity contribution in [3.8, 4) is 0 Å². The highest BCUT2D eigenvalue weighted by Gasteiger charge is 2.15. The van der Waals surface area contributed by atoms with Crippen LogP contribution in [0, 0.1) is 0 Å². The van der Waals surface area contributed by atoms with E-state index in [1.807, 2.05) is 42.2 Å². The van der Waals surface area contributed by atoms with Crippen LogP contribution in [0.5, 0.6) is 0 Å².